The van der Waals surface area contributed by atoms with Gasteiger partial charge in [-0.15, -0.1) is 0 Å². The molecule has 0 saturated carbocycles. The fourth-order valence-corrected chi connectivity index (χ4v) is 3.20. The third-order valence-electron chi connectivity index (χ3n) is 3.10. The lowest BCUT2D eigenvalue weighted by molar-refractivity contribution is 0.837. The molecule has 19 heavy (non-hydrogen) atoms. The van der Waals surface area contributed by atoms with Gasteiger partial charge in [-0.25, -0.2) is 0 Å². The van der Waals surface area contributed by atoms with E-state index in [4.69, 9.17) is 23.2 Å². The molecule has 0 aliphatic rings. The van der Waals surface area contributed by atoms with E-state index in [1.807, 2.05) is 36.5 Å². The van der Waals surface area contributed by atoms with Gasteiger partial charge in [-0.3, -0.25) is 0 Å². The molecule has 0 radical (unpaired) electrons. The predicted molar refractivity (Wildman–Crippen MR) is 85.2 cm³/mol. The lowest BCUT2D eigenvalue weighted by Crippen LogP contribution is -1.99. The maximum Gasteiger partial charge on any atom is 0.0672 e. The van der Waals surface area contributed by atoms with Crippen molar-refractivity contribution in [3.63, 3.8) is 0 Å². The Morgan fingerprint density at radius 2 is 1.84 bits per heavy atom. The molecule has 0 spiro atoms. The van der Waals surface area contributed by atoms with Crippen molar-refractivity contribution >= 4 is 50.0 Å². The zero-order valence-electron chi connectivity index (χ0n) is 9.91. The molecule has 4 heteroatoms. The van der Waals surface area contributed by atoms with E-state index in [0.717, 1.165) is 31.0 Å². The van der Waals surface area contributed by atoms with Crippen LogP contribution in [0, 0.1) is 0 Å². The number of hydrogen-bond acceptors (Lipinski definition) is 0. The van der Waals surface area contributed by atoms with Crippen LogP contribution in [-0.4, -0.2) is 4.57 Å². The molecule has 2 aromatic carbocycles. The van der Waals surface area contributed by atoms with E-state index in [-0.39, 0.29) is 0 Å². The van der Waals surface area contributed by atoms with Gasteiger partial charge in [0.05, 0.1) is 10.5 Å². The second-order valence-electron chi connectivity index (χ2n) is 4.36. The van der Waals surface area contributed by atoms with E-state index in [2.05, 4.69) is 32.6 Å². The minimum Gasteiger partial charge on any atom is -0.342 e. The number of rotatable bonds is 2. The van der Waals surface area contributed by atoms with Crippen molar-refractivity contribution in [1.29, 1.82) is 0 Å². The summed E-state index contributed by atoms with van der Waals surface area (Å²) in [5, 5.41) is 2.65. The number of hydrogen-bond donors (Lipinski definition) is 0. The van der Waals surface area contributed by atoms with Crippen molar-refractivity contribution < 1.29 is 0 Å². The average Bonchev–Trinajstić information content (AvgIpc) is 2.77. The van der Waals surface area contributed by atoms with Crippen molar-refractivity contribution in [2.75, 3.05) is 0 Å². The van der Waals surface area contributed by atoms with Crippen LogP contribution in [0.3, 0.4) is 0 Å². The van der Waals surface area contributed by atoms with Gasteiger partial charge >= 0.3 is 0 Å². The lowest BCUT2D eigenvalue weighted by Gasteiger charge is -2.09. The summed E-state index contributed by atoms with van der Waals surface area (Å²) in [6.45, 7) is 0.708. The first-order valence-corrected chi connectivity index (χ1v) is 7.37. The van der Waals surface area contributed by atoms with Gasteiger partial charge in [0.1, 0.15) is 0 Å². The van der Waals surface area contributed by atoms with Crippen LogP contribution >= 0.6 is 39.1 Å². The molecule has 0 unspecified atom stereocenters. The Kier molecular flexibility index (Phi) is 3.57. The molecule has 1 heterocycles. The number of benzene rings is 2. The lowest BCUT2D eigenvalue weighted by atomic mass is 10.2. The fraction of sp³-hybridized carbons (Fsp3) is 0.0667. The molecule has 3 aromatic rings. The van der Waals surface area contributed by atoms with Crippen LogP contribution in [0.15, 0.2) is 53.1 Å². The van der Waals surface area contributed by atoms with E-state index in [0.29, 0.717) is 6.54 Å². The molecule has 0 N–H and O–H groups in total. The smallest absolute Gasteiger partial charge is 0.0672 e. The molecule has 0 amide bonds. The highest BCUT2D eigenvalue weighted by Gasteiger charge is 2.07. The van der Waals surface area contributed by atoms with Crippen LogP contribution in [-0.2, 0) is 6.54 Å². The van der Waals surface area contributed by atoms with Gasteiger partial charge in [0.15, 0.2) is 0 Å². The Hall–Kier alpha value is -0.960. The molecule has 0 saturated heterocycles. The van der Waals surface area contributed by atoms with Crippen molar-refractivity contribution in [2.24, 2.45) is 0 Å². The minimum atomic E-state index is 0.708. The van der Waals surface area contributed by atoms with Gasteiger partial charge in [-0.05, 0) is 29.8 Å². The third-order valence-corrected chi connectivity index (χ3v) is 4.25. The number of para-hydroxylation sites is 1. The van der Waals surface area contributed by atoms with Crippen LogP contribution in [0.5, 0.6) is 0 Å². The van der Waals surface area contributed by atoms with Crippen molar-refractivity contribution in [3.8, 4) is 0 Å². The summed E-state index contributed by atoms with van der Waals surface area (Å²) in [5.74, 6) is 0. The Balaban J connectivity index is 2.06. The molecule has 0 fully saturated rings. The van der Waals surface area contributed by atoms with Gasteiger partial charge in [0.2, 0.25) is 0 Å². The first kappa shape index (κ1) is 13.0. The molecule has 1 aromatic heterocycles. The summed E-state index contributed by atoms with van der Waals surface area (Å²) in [4.78, 5) is 0. The van der Waals surface area contributed by atoms with Crippen LogP contribution in [0.1, 0.15) is 5.56 Å². The monoisotopic (exact) mass is 353 g/mol. The Labute approximate surface area is 129 Å². The first-order valence-electron chi connectivity index (χ1n) is 5.82. The summed E-state index contributed by atoms with van der Waals surface area (Å²) in [6.07, 6.45) is 2.04. The van der Waals surface area contributed by atoms with Crippen molar-refractivity contribution in [2.45, 2.75) is 6.54 Å². The molecule has 0 aliphatic heterocycles. The molecule has 0 atom stereocenters. The van der Waals surface area contributed by atoms with Crippen molar-refractivity contribution in [1.82, 2.24) is 4.57 Å². The van der Waals surface area contributed by atoms with Crippen LogP contribution in [0.2, 0.25) is 10.0 Å². The molecule has 96 valence electrons. The molecule has 3 rings (SSSR count). The number of fused-ring (bicyclic) bond motifs is 1. The normalized spacial score (nSPS) is 11.1. The maximum atomic E-state index is 6.27. The van der Waals surface area contributed by atoms with Crippen LogP contribution < -0.4 is 0 Å². The van der Waals surface area contributed by atoms with Gasteiger partial charge < -0.3 is 4.57 Å². The molecule has 0 aliphatic carbocycles. The predicted octanol–water partition coefficient (Wildman–Crippen LogP) is 5.76. The van der Waals surface area contributed by atoms with E-state index in [9.17, 15) is 0 Å². The Morgan fingerprint density at radius 1 is 1.00 bits per heavy atom. The average molecular weight is 355 g/mol. The van der Waals surface area contributed by atoms with E-state index < -0.39 is 0 Å². The second kappa shape index (κ2) is 5.20. The van der Waals surface area contributed by atoms with E-state index >= 15 is 0 Å². The van der Waals surface area contributed by atoms with E-state index in [1.54, 1.807) is 0 Å². The fourth-order valence-electron chi connectivity index (χ4n) is 2.18. The summed E-state index contributed by atoms with van der Waals surface area (Å²) >= 11 is 15.9. The molecular weight excluding hydrogens is 345 g/mol. The standard InChI is InChI=1S/C15H10BrCl2N/c16-12-5-4-11(14(18)8-12)9-19-7-6-10-2-1-3-13(17)15(10)19/h1-8H,9H2. The Bertz CT molecular complexity index is 749. The number of aromatic nitrogens is 1. The highest BCUT2D eigenvalue weighted by atomic mass is 79.9. The van der Waals surface area contributed by atoms with Crippen LogP contribution in [0.25, 0.3) is 10.9 Å². The summed E-state index contributed by atoms with van der Waals surface area (Å²) in [6, 6.07) is 13.9. The summed E-state index contributed by atoms with van der Waals surface area (Å²) < 4.78 is 3.10. The topological polar surface area (TPSA) is 4.93 Å². The van der Waals surface area contributed by atoms with Gasteiger partial charge in [-0.1, -0.05) is 57.3 Å². The zero-order valence-corrected chi connectivity index (χ0v) is 13.0. The minimum absolute atomic E-state index is 0.708. The second-order valence-corrected chi connectivity index (χ2v) is 6.09. The first-order chi connectivity index (χ1) is 9.15. The number of nitrogens with zero attached hydrogens (tertiary/aromatic N) is 1. The molecule has 0 bridgehead atoms. The SMILES string of the molecule is Clc1cc(Br)ccc1Cn1ccc2cccc(Cl)c21. The highest BCUT2D eigenvalue weighted by molar-refractivity contribution is 9.10. The highest BCUT2D eigenvalue weighted by Crippen LogP contribution is 2.27. The Morgan fingerprint density at radius 3 is 2.63 bits per heavy atom. The third kappa shape index (κ3) is 2.53. The number of halogens is 3. The van der Waals surface area contributed by atoms with Crippen LogP contribution in [0.4, 0.5) is 0 Å². The van der Waals surface area contributed by atoms with Gasteiger partial charge in [-0.2, -0.15) is 0 Å². The summed E-state index contributed by atoms with van der Waals surface area (Å²) in [5.41, 5.74) is 2.12. The van der Waals surface area contributed by atoms with Gasteiger partial charge in [0.25, 0.3) is 0 Å². The largest absolute Gasteiger partial charge is 0.342 e. The molecule has 1 nitrogen and oxygen atoms in total. The molecular formula is C15H10BrCl2N. The zero-order chi connectivity index (χ0) is 13.4. The quantitative estimate of drug-likeness (QED) is 0.551. The van der Waals surface area contributed by atoms with Gasteiger partial charge in [0, 0.05) is 27.6 Å². The summed E-state index contributed by atoms with van der Waals surface area (Å²) in [7, 11) is 0. The van der Waals surface area contributed by atoms with Crippen molar-refractivity contribution in [3.05, 3.63) is 68.7 Å². The maximum absolute atomic E-state index is 6.27. The van der Waals surface area contributed by atoms with E-state index in [1.165, 1.54) is 0 Å².